The Morgan fingerprint density at radius 1 is 1.26 bits per heavy atom. The number of nitrogens with zero attached hydrogens (tertiary/aromatic N) is 1. The van der Waals surface area contributed by atoms with Crippen molar-refractivity contribution in [3.05, 3.63) is 40.6 Å². The normalized spacial score (nSPS) is 13.5. The molecule has 0 radical (unpaired) electrons. The molecule has 0 saturated heterocycles. The smallest absolute Gasteiger partial charge is 0.325 e. The molecule has 5 heteroatoms. The quantitative estimate of drug-likeness (QED) is 0.883. The van der Waals surface area contributed by atoms with Crippen LogP contribution in [0.3, 0.4) is 0 Å². The summed E-state index contributed by atoms with van der Waals surface area (Å²) in [4.78, 5) is 28.8. The van der Waals surface area contributed by atoms with Gasteiger partial charge in [0.1, 0.15) is 6.54 Å². The number of nitrogens with one attached hydrogen (secondary N) is 1. The summed E-state index contributed by atoms with van der Waals surface area (Å²) in [7, 11) is 1.31. The monoisotopic (exact) mass is 312 g/mol. The van der Waals surface area contributed by atoms with Gasteiger partial charge in [0, 0.05) is 11.1 Å². The molecule has 0 spiro atoms. The maximum Gasteiger partial charge on any atom is 0.325 e. The number of carbonyl (C=O) groups excluding carboxylic acids is 2. The molecule has 0 aliphatic heterocycles. The van der Waals surface area contributed by atoms with E-state index >= 15 is 0 Å². The largest absolute Gasteiger partial charge is 0.468 e. The molecule has 5 nitrogen and oxygen atoms in total. The van der Waals surface area contributed by atoms with Crippen LogP contribution in [-0.2, 0) is 22.4 Å². The van der Waals surface area contributed by atoms with Crippen molar-refractivity contribution in [2.45, 2.75) is 32.6 Å². The van der Waals surface area contributed by atoms with E-state index in [1.54, 1.807) is 0 Å². The Bertz CT molecular complexity index is 783. The third kappa shape index (κ3) is 3.04. The fraction of sp³-hybridized carbons (Fsp3) is 0.389. The third-order valence-corrected chi connectivity index (χ3v) is 4.27. The number of amides is 1. The van der Waals surface area contributed by atoms with Gasteiger partial charge in [0.15, 0.2) is 0 Å². The van der Waals surface area contributed by atoms with Crippen LogP contribution in [0, 0.1) is 6.92 Å². The lowest BCUT2D eigenvalue weighted by Gasteiger charge is -2.20. The first kappa shape index (κ1) is 15.5. The molecule has 1 aliphatic carbocycles. The fourth-order valence-corrected chi connectivity index (χ4v) is 3.11. The molecule has 0 unspecified atom stereocenters. The summed E-state index contributed by atoms with van der Waals surface area (Å²) >= 11 is 0. The zero-order valence-corrected chi connectivity index (χ0v) is 13.4. The first-order chi connectivity index (χ1) is 11.1. The van der Waals surface area contributed by atoms with E-state index in [1.807, 2.05) is 25.1 Å². The molecule has 1 aliphatic rings. The van der Waals surface area contributed by atoms with Gasteiger partial charge in [0.2, 0.25) is 0 Å². The summed E-state index contributed by atoms with van der Waals surface area (Å²) in [5.41, 5.74) is 4.61. The van der Waals surface area contributed by atoms with Crippen molar-refractivity contribution in [1.82, 2.24) is 10.3 Å². The van der Waals surface area contributed by atoms with Crippen molar-refractivity contribution in [2.24, 2.45) is 0 Å². The number of hydrogen-bond acceptors (Lipinski definition) is 4. The maximum absolute atomic E-state index is 12.7. The van der Waals surface area contributed by atoms with Crippen LogP contribution in [0.5, 0.6) is 0 Å². The summed E-state index contributed by atoms with van der Waals surface area (Å²) < 4.78 is 4.59. The Kier molecular flexibility index (Phi) is 4.28. The van der Waals surface area contributed by atoms with E-state index in [9.17, 15) is 9.59 Å². The number of benzene rings is 1. The highest BCUT2D eigenvalue weighted by molar-refractivity contribution is 6.08. The highest BCUT2D eigenvalue weighted by Gasteiger charge is 2.23. The number of pyridine rings is 1. The second-order valence-electron chi connectivity index (χ2n) is 5.90. The molecule has 23 heavy (non-hydrogen) atoms. The van der Waals surface area contributed by atoms with Crippen molar-refractivity contribution in [2.75, 3.05) is 13.7 Å². The minimum atomic E-state index is -0.457. The number of methoxy groups -OCH3 is 1. The van der Waals surface area contributed by atoms with E-state index < -0.39 is 5.97 Å². The molecule has 2 aromatic rings. The zero-order chi connectivity index (χ0) is 16.4. The van der Waals surface area contributed by atoms with Gasteiger partial charge in [-0.1, -0.05) is 11.6 Å². The Morgan fingerprint density at radius 2 is 2.04 bits per heavy atom. The highest BCUT2D eigenvalue weighted by atomic mass is 16.5. The third-order valence-electron chi connectivity index (χ3n) is 4.27. The number of esters is 1. The van der Waals surface area contributed by atoms with Crippen LogP contribution in [0.1, 0.15) is 40.0 Å². The number of carbonyl (C=O) groups is 2. The Labute approximate surface area is 135 Å². The first-order valence-corrected chi connectivity index (χ1v) is 7.87. The molecule has 1 aromatic carbocycles. The number of rotatable bonds is 3. The molecular weight excluding hydrogens is 292 g/mol. The van der Waals surface area contributed by atoms with Crippen LogP contribution in [-0.4, -0.2) is 30.5 Å². The number of fused-ring (bicyclic) bond motifs is 2. The predicted molar refractivity (Wildman–Crippen MR) is 87.5 cm³/mol. The Balaban J connectivity index is 2.10. The van der Waals surface area contributed by atoms with E-state index in [-0.39, 0.29) is 12.5 Å². The molecule has 0 fully saturated rings. The van der Waals surface area contributed by atoms with E-state index in [4.69, 9.17) is 4.98 Å². The average molecular weight is 312 g/mol. The molecule has 120 valence electrons. The van der Waals surface area contributed by atoms with Crippen molar-refractivity contribution in [3.63, 3.8) is 0 Å². The van der Waals surface area contributed by atoms with Crippen LogP contribution in [0.2, 0.25) is 0 Å². The van der Waals surface area contributed by atoms with Crippen molar-refractivity contribution < 1.29 is 14.3 Å². The minimum Gasteiger partial charge on any atom is -0.468 e. The van der Waals surface area contributed by atoms with Crippen molar-refractivity contribution >= 4 is 22.8 Å². The summed E-state index contributed by atoms with van der Waals surface area (Å²) in [5.74, 6) is -0.687. The molecule has 0 bridgehead atoms. The zero-order valence-electron chi connectivity index (χ0n) is 13.4. The molecular formula is C18H20N2O3. The summed E-state index contributed by atoms with van der Waals surface area (Å²) in [5, 5.41) is 3.52. The lowest BCUT2D eigenvalue weighted by molar-refractivity contribution is -0.139. The van der Waals surface area contributed by atoms with Gasteiger partial charge in [-0.15, -0.1) is 0 Å². The van der Waals surface area contributed by atoms with Gasteiger partial charge in [-0.05, 0) is 50.3 Å². The summed E-state index contributed by atoms with van der Waals surface area (Å²) in [6, 6.07) is 5.95. The first-order valence-electron chi connectivity index (χ1n) is 7.87. The average Bonchev–Trinajstić information content (AvgIpc) is 2.57. The van der Waals surface area contributed by atoms with Gasteiger partial charge < -0.3 is 10.1 Å². The Hall–Kier alpha value is -2.43. The lowest BCUT2D eigenvalue weighted by Crippen LogP contribution is -2.31. The van der Waals surface area contributed by atoms with Crippen LogP contribution in [0.25, 0.3) is 10.9 Å². The van der Waals surface area contributed by atoms with E-state index in [0.29, 0.717) is 5.56 Å². The van der Waals surface area contributed by atoms with Crippen LogP contribution in [0.4, 0.5) is 0 Å². The van der Waals surface area contributed by atoms with Gasteiger partial charge in [-0.3, -0.25) is 14.6 Å². The number of aryl methyl sites for hydroxylation is 2. The van der Waals surface area contributed by atoms with E-state index in [2.05, 4.69) is 10.1 Å². The minimum absolute atomic E-state index is 0.125. The molecule has 0 saturated carbocycles. The molecule has 1 heterocycles. The number of hydrogen-bond donors (Lipinski definition) is 1. The van der Waals surface area contributed by atoms with Crippen LogP contribution in [0.15, 0.2) is 18.2 Å². The van der Waals surface area contributed by atoms with Crippen LogP contribution >= 0.6 is 0 Å². The van der Waals surface area contributed by atoms with Gasteiger partial charge in [-0.2, -0.15) is 0 Å². The van der Waals surface area contributed by atoms with Gasteiger partial charge in [0.05, 0.1) is 18.2 Å². The van der Waals surface area contributed by atoms with Gasteiger partial charge in [0.25, 0.3) is 5.91 Å². The molecule has 1 N–H and O–H groups in total. The summed E-state index contributed by atoms with van der Waals surface area (Å²) in [6.07, 6.45) is 3.91. The van der Waals surface area contributed by atoms with Gasteiger partial charge in [-0.25, -0.2) is 0 Å². The summed E-state index contributed by atoms with van der Waals surface area (Å²) in [6.45, 7) is 1.87. The standard InChI is InChI=1S/C18H20N2O3/c1-11-7-8-15-13(9-11)17(18(22)19-10-16(21)23-2)12-5-3-4-6-14(12)20-15/h7-9H,3-6,10H2,1-2H3,(H,19,22). The molecule has 3 rings (SSSR count). The highest BCUT2D eigenvalue weighted by Crippen LogP contribution is 2.29. The molecule has 0 atom stereocenters. The predicted octanol–water partition coefficient (Wildman–Crippen LogP) is 2.32. The van der Waals surface area contributed by atoms with Crippen molar-refractivity contribution in [1.29, 1.82) is 0 Å². The van der Waals surface area contributed by atoms with Crippen molar-refractivity contribution in [3.8, 4) is 0 Å². The van der Waals surface area contributed by atoms with E-state index in [1.165, 1.54) is 7.11 Å². The van der Waals surface area contributed by atoms with Crippen LogP contribution < -0.4 is 5.32 Å². The lowest BCUT2D eigenvalue weighted by atomic mass is 9.89. The fourth-order valence-electron chi connectivity index (χ4n) is 3.11. The molecule has 1 amide bonds. The SMILES string of the molecule is COC(=O)CNC(=O)c1c2c(nc3ccc(C)cc13)CCCC2. The molecule has 1 aromatic heterocycles. The maximum atomic E-state index is 12.7. The number of ether oxygens (including phenoxy) is 1. The number of aromatic nitrogens is 1. The second kappa shape index (κ2) is 6.36. The van der Waals surface area contributed by atoms with E-state index in [0.717, 1.165) is 53.4 Å². The Morgan fingerprint density at radius 3 is 2.83 bits per heavy atom. The van der Waals surface area contributed by atoms with Gasteiger partial charge >= 0.3 is 5.97 Å². The second-order valence-corrected chi connectivity index (χ2v) is 5.90. The topological polar surface area (TPSA) is 68.3 Å².